The average molecular weight is 108 g/mol. The maximum absolute atomic E-state index is 2.62. The van der Waals surface area contributed by atoms with Crippen LogP contribution in [-0.2, 0) is 0 Å². The summed E-state index contributed by atoms with van der Waals surface area (Å²) in [6.45, 7) is 2.18. The van der Waals surface area contributed by atoms with Crippen LogP contribution >= 0.6 is 19.8 Å². The quantitative estimate of drug-likeness (QED) is 0.487. The fourth-order valence-electron chi connectivity index (χ4n) is 0.118. The lowest BCUT2D eigenvalue weighted by atomic mass is 10.6. The Balaban J connectivity index is 2.19. The topological polar surface area (TPSA) is 0 Å². The van der Waals surface area contributed by atoms with Gasteiger partial charge in [0.1, 0.15) is 0 Å². The van der Waals surface area contributed by atoms with E-state index in [9.17, 15) is 0 Å². The van der Waals surface area contributed by atoms with Crippen LogP contribution in [-0.4, -0.2) is 5.75 Å². The number of hydrogen-bond donors (Lipinski definition) is 0. The van der Waals surface area contributed by atoms with Crippen LogP contribution in [0.5, 0.6) is 0 Å². The third kappa shape index (κ3) is 4.78. The van der Waals surface area contributed by atoms with Gasteiger partial charge in [-0.2, -0.15) is 0 Å². The maximum atomic E-state index is 2.62. The van der Waals surface area contributed by atoms with Gasteiger partial charge in [0.25, 0.3) is 0 Å². The Morgan fingerprint density at radius 1 is 1.80 bits per heavy atom. The van der Waals surface area contributed by atoms with Gasteiger partial charge in [-0.05, 0) is 12.2 Å². The minimum absolute atomic E-state index is 1.27. The molecule has 0 aromatic heterocycles. The lowest BCUT2D eigenvalue weighted by Gasteiger charge is -1.79. The van der Waals surface area contributed by atoms with Crippen molar-refractivity contribution in [2.45, 2.75) is 13.3 Å². The van der Waals surface area contributed by atoms with Gasteiger partial charge in [-0.3, -0.25) is 0 Å². The van der Waals surface area contributed by atoms with E-state index >= 15 is 0 Å². The van der Waals surface area contributed by atoms with E-state index in [1.807, 2.05) is 11.4 Å². The van der Waals surface area contributed by atoms with Crippen molar-refractivity contribution < 1.29 is 0 Å². The Morgan fingerprint density at radius 3 is 2.40 bits per heavy atom. The van der Waals surface area contributed by atoms with E-state index in [1.54, 1.807) is 0 Å². The lowest BCUT2D eigenvalue weighted by Crippen LogP contribution is -1.60. The van der Waals surface area contributed by atoms with Crippen molar-refractivity contribution in [3.8, 4) is 0 Å². The second-order valence-electron chi connectivity index (χ2n) is 0.871. The molecule has 0 radical (unpaired) electrons. The molecular weight excluding hydrogens is 99.1 g/mol. The molecule has 0 fully saturated rings. The molecule has 0 saturated carbocycles. The Morgan fingerprint density at radius 2 is 2.40 bits per heavy atom. The van der Waals surface area contributed by atoms with Crippen LogP contribution in [0.4, 0.5) is 0 Å². The highest BCUT2D eigenvalue weighted by Gasteiger charge is 1.68. The summed E-state index contributed by atoms with van der Waals surface area (Å²) in [5.74, 6) is 1.27. The van der Waals surface area contributed by atoms with Crippen molar-refractivity contribution in [2.75, 3.05) is 5.75 Å². The van der Waals surface area contributed by atoms with Crippen molar-refractivity contribution in [3.05, 3.63) is 0 Å². The summed E-state index contributed by atoms with van der Waals surface area (Å²) in [4.78, 5) is 0. The molecule has 0 nitrogen and oxygen atoms in total. The minimum atomic E-state index is 1.27. The summed E-state index contributed by atoms with van der Waals surface area (Å²) >= 11 is 1.82. The highest BCUT2D eigenvalue weighted by Crippen LogP contribution is 2.09. The van der Waals surface area contributed by atoms with Gasteiger partial charge < -0.3 is 0 Å². The van der Waals surface area contributed by atoms with E-state index in [1.165, 1.54) is 12.2 Å². The van der Waals surface area contributed by atoms with Gasteiger partial charge in [0.05, 0.1) is 0 Å². The largest absolute Gasteiger partial charge is 0.141 e. The van der Waals surface area contributed by atoms with Crippen LogP contribution in [0, 0.1) is 0 Å². The predicted octanol–water partition coefficient (Wildman–Crippen LogP) is 1.92. The first-order valence-corrected chi connectivity index (χ1v) is 4.19. The molecule has 0 aromatic carbocycles. The Kier molecular flexibility index (Phi) is 5.53. The molecule has 1 unspecified atom stereocenters. The monoisotopic (exact) mass is 108 g/mol. The molecule has 0 spiro atoms. The van der Waals surface area contributed by atoms with Gasteiger partial charge in [-0.15, -0.1) is 11.4 Å². The van der Waals surface area contributed by atoms with Crippen LogP contribution < -0.4 is 0 Å². The van der Waals surface area contributed by atoms with Gasteiger partial charge in [0, 0.05) is 0 Å². The number of hydrogen-bond acceptors (Lipinski definition) is 1. The summed E-state index contributed by atoms with van der Waals surface area (Å²) in [7, 11) is 2.62. The van der Waals surface area contributed by atoms with Crippen LogP contribution in [0.3, 0.4) is 0 Å². The molecule has 0 heterocycles. The molecule has 0 N–H and O–H groups in total. The zero-order chi connectivity index (χ0) is 4.12. The average Bonchev–Trinajstić information content (AvgIpc) is 1.41. The standard InChI is InChI=1S/C3H9PS/c1-2-3-5-4/h2-4H2,1H3. The molecule has 0 bridgehead atoms. The van der Waals surface area contributed by atoms with Gasteiger partial charge in [-0.1, -0.05) is 15.4 Å². The molecule has 0 aromatic rings. The van der Waals surface area contributed by atoms with E-state index in [-0.39, 0.29) is 0 Å². The van der Waals surface area contributed by atoms with E-state index in [0.29, 0.717) is 0 Å². The fourth-order valence-corrected chi connectivity index (χ4v) is 1.06. The summed E-state index contributed by atoms with van der Waals surface area (Å²) in [6.07, 6.45) is 1.29. The predicted molar refractivity (Wildman–Crippen MR) is 32.5 cm³/mol. The molecule has 1 atom stereocenters. The van der Waals surface area contributed by atoms with Crippen molar-refractivity contribution in [1.29, 1.82) is 0 Å². The van der Waals surface area contributed by atoms with Crippen molar-refractivity contribution in [3.63, 3.8) is 0 Å². The van der Waals surface area contributed by atoms with E-state index in [0.717, 1.165) is 0 Å². The molecule has 5 heavy (non-hydrogen) atoms. The lowest BCUT2D eigenvalue weighted by molar-refractivity contribution is 1.11. The Labute approximate surface area is 39.7 Å². The molecule has 0 aliphatic rings. The summed E-state index contributed by atoms with van der Waals surface area (Å²) in [6, 6.07) is 0. The first-order chi connectivity index (χ1) is 2.41. The highest BCUT2D eigenvalue weighted by atomic mass is 32.7. The molecular formula is C3H9PS. The Hall–Kier alpha value is 0.780. The molecule has 2 heteroatoms. The second-order valence-corrected chi connectivity index (χ2v) is 2.61. The maximum Gasteiger partial charge on any atom is -0.00336 e. The highest BCUT2D eigenvalue weighted by molar-refractivity contribution is 8.43. The van der Waals surface area contributed by atoms with Crippen LogP contribution in [0.25, 0.3) is 0 Å². The molecule has 32 valence electrons. The van der Waals surface area contributed by atoms with Crippen molar-refractivity contribution in [2.24, 2.45) is 0 Å². The SMILES string of the molecule is CCCSP. The summed E-state index contributed by atoms with van der Waals surface area (Å²) in [5.41, 5.74) is 0. The molecule has 0 rings (SSSR count). The number of rotatable bonds is 2. The fraction of sp³-hybridized carbons (Fsp3) is 1.00. The first kappa shape index (κ1) is 5.78. The Bertz CT molecular complexity index is 14.4. The van der Waals surface area contributed by atoms with E-state index in [4.69, 9.17) is 0 Å². The van der Waals surface area contributed by atoms with Crippen LogP contribution in [0.1, 0.15) is 13.3 Å². The summed E-state index contributed by atoms with van der Waals surface area (Å²) in [5, 5.41) is 0. The van der Waals surface area contributed by atoms with Crippen LogP contribution in [0.15, 0.2) is 0 Å². The zero-order valence-electron chi connectivity index (χ0n) is 3.40. The molecule has 0 aliphatic heterocycles. The van der Waals surface area contributed by atoms with Gasteiger partial charge >= 0.3 is 0 Å². The van der Waals surface area contributed by atoms with Crippen molar-refractivity contribution >= 4 is 19.8 Å². The third-order valence-electron chi connectivity index (χ3n) is 0.322. The summed E-state index contributed by atoms with van der Waals surface area (Å²) < 4.78 is 0. The molecule has 0 aliphatic carbocycles. The second kappa shape index (κ2) is 4.78. The van der Waals surface area contributed by atoms with Gasteiger partial charge in [0.2, 0.25) is 0 Å². The van der Waals surface area contributed by atoms with Crippen molar-refractivity contribution in [1.82, 2.24) is 0 Å². The third-order valence-corrected chi connectivity index (χ3v) is 1.67. The van der Waals surface area contributed by atoms with Gasteiger partial charge in [0.15, 0.2) is 0 Å². The first-order valence-electron chi connectivity index (χ1n) is 1.73. The zero-order valence-corrected chi connectivity index (χ0v) is 5.37. The molecule has 0 amide bonds. The van der Waals surface area contributed by atoms with E-state index in [2.05, 4.69) is 15.4 Å². The smallest absolute Gasteiger partial charge is 0.00336 e. The normalized spacial score (nSPS) is 8.40. The molecule has 0 saturated heterocycles. The van der Waals surface area contributed by atoms with Crippen LogP contribution in [0.2, 0.25) is 0 Å². The van der Waals surface area contributed by atoms with E-state index < -0.39 is 0 Å². The minimum Gasteiger partial charge on any atom is -0.141 e. The van der Waals surface area contributed by atoms with Gasteiger partial charge in [-0.25, -0.2) is 0 Å².